The first kappa shape index (κ1) is 17.1. The van der Waals surface area contributed by atoms with E-state index in [1.807, 2.05) is 31.2 Å². The molecule has 0 aliphatic heterocycles. The standard InChI is InChI=1S/C19H20N4OS/c1-12-7-8-16(13(2)10-12)23-19-22-14(3)17(25-19)18(24)21-11-15-6-4-5-9-20-15/h4-10H,11H2,1-3H3,(H,21,24)(H,22,23). The minimum Gasteiger partial charge on any atom is -0.346 e. The van der Waals surface area contributed by atoms with E-state index < -0.39 is 0 Å². The molecule has 0 saturated carbocycles. The van der Waals surface area contributed by atoms with Crippen LogP contribution in [0.3, 0.4) is 0 Å². The van der Waals surface area contributed by atoms with E-state index in [1.165, 1.54) is 16.9 Å². The van der Waals surface area contributed by atoms with Gasteiger partial charge in [-0.25, -0.2) is 4.98 Å². The molecular formula is C19H20N4OS. The lowest BCUT2D eigenvalue weighted by atomic mass is 10.1. The topological polar surface area (TPSA) is 66.9 Å². The first-order chi connectivity index (χ1) is 12.0. The molecule has 0 radical (unpaired) electrons. The average molecular weight is 352 g/mol. The van der Waals surface area contributed by atoms with Crippen molar-refractivity contribution in [1.82, 2.24) is 15.3 Å². The number of aromatic nitrogens is 2. The molecule has 0 unspecified atom stereocenters. The maximum Gasteiger partial charge on any atom is 0.263 e. The van der Waals surface area contributed by atoms with Crippen LogP contribution in [0.4, 0.5) is 10.8 Å². The Morgan fingerprint density at radius 1 is 1.16 bits per heavy atom. The highest BCUT2D eigenvalue weighted by Crippen LogP contribution is 2.27. The zero-order valence-corrected chi connectivity index (χ0v) is 15.3. The minimum atomic E-state index is -0.130. The molecule has 0 aliphatic rings. The predicted molar refractivity (Wildman–Crippen MR) is 101 cm³/mol. The molecule has 1 aromatic carbocycles. The van der Waals surface area contributed by atoms with Gasteiger partial charge in [-0.05, 0) is 44.5 Å². The van der Waals surface area contributed by atoms with Crippen LogP contribution in [0.5, 0.6) is 0 Å². The lowest BCUT2D eigenvalue weighted by molar-refractivity contribution is 0.0953. The Bertz CT molecular complexity index is 890. The number of aryl methyl sites for hydroxylation is 3. The predicted octanol–water partition coefficient (Wildman–Crippen LogP) is 4.14. The first-order valence-electron chi connectivity index (χ1n) is 8.03. The van der Waals surface area contributed by atoms with Crippen LogP contribution in [0.25, 0.3) is 0 Å². The van der Waals surface area contributed by atoms with Gasteiger partial charge in [0.1, 0.15) is 4.88 Å². The van der Waals surface area contributed by atoms with Crippen molar-refractivity contribution >= 4 is 28.1 Å². The maximum absolute atomic E-state index is 12.4. The molecule has 0 bridgehead atoms. The number of carbonyl (C=O) groups excluding carboxylic acids is 1. The van der Waals surface area contributed by atoms with Gasteiger partial charge in [-0.1, -0.05) is 35.1 Å². The van der Waals surface area contributed by atoms with Gasteiger partial charge in [0.05, 0.1) is 17.9 Å². The minimum absolute atomic E-state index is 0.130. The molecule has 2 heterocycles. The zero-order valence-electron chi connectivity index (χ0n) is 14.5. The molecule has 6 heteroatoms. The third-order valence-electron chi connectivity index (χ3n) is 3.78. The summed E-state index contributed by atoms with van der Waals surface area (Å²) >= 11 is 1.36. The van der Waals surface area contributed by atoms with Crippen molar-refractivity contribution in [3.8, 4) is 0 Å². The molecule has 25 heavy (non-hydrogen) atoms. The SMILES string of the molecule is Cc1ccc(Nc2nc(C)c(C(=O)NCc3ccccn3)s2)c(C)c1. The molecule has 0 atom stereocenters. The van der Waals surface area contributed by atoms with Gasteiger partial charge in [-0.15, -0.1) is 0 Å². The summed E-state index contributed by atoms with van der Waals surface area (Å²) in [7, 11) is 0. The van der Waals surface area contributed by atoms with Gasteiger partial charge >= 0.3 is 0 Å². The Morgan fingerprint density at radius 2 is 2.00 bits per heavy atom. The summed E-state index contributed by atoms with van der Waals surface area (Å²) in [6, 6.07) is 11.8. The number of rotatable bonds is 5. The second kappa shape index (κ2) is 7.44. The lowest BCUT2D eigenvalue weighted by Crippen LogP contribution is -2.23. The van der Waals surface area contributed by atoms with Crippen molar-refractivity contribution < 1.29 is 4.79 Å². The van der Waals surface area contributed by atoms with E-state index in [2.05, 4.69) is 46.6 Å². The first-order valence-corrected chi connectivity index (χ1v) is 8.84. The van der Waals surface area contributed by atoms with Crippen LogP contribution >= 0.6 is 11.3 Å². The van der Waals surface area contributed by atoms with Crippen LogP contribution in [-0.2, 0) is 6.54 Å². The molecule has 0 spiro atoms. The molecule has 2 aromatic heterocycles. The normalized spacial score (nSPS) is 10.5. The van der Waals surface area contributed by atoms with E-state index in [0.29, 0.717) is 16.6 Å². The number of nitrogens with zero attached hydrogens (tertiary/aromatic N) is 2. The summed E-state index contributed by atoms with van der Waals surface area (Å²) in [5.41, 5.74) is 4.91. The number of thiazole rings is 1. The number of pyridine rings is 1. The molecule has 5 nitrogen and oxygen atoms in total. The van der Waals surface area contributed by atoms with Crippen molar-refractivity contribution in [3.05, 3.63) is 70.0 Å². The Hall–Kier alpha value is -2.73. The Labute approximate surface area is 151 Å². The number of anilines is 2. The van der Waals surface area contributed by atoms with E-state index >= 15 is 0 Å². The summed E-state index contributed by atoms with van der Waals surface area (Å²) < 4.78 is 0. The molecule has 128 valence electrons. The van der Waals surface area contributed by atoms with Crippen LogP contribution in [0.1, 0.15) is 32.2 Å². The monoisotopic (exact) mass is 352 g/mol. The number of hydrogen-bond acceptors (Lipinski definition) is 5. The fourth-order valence-electron chi connectivity index (χ4n) is 2.48. The van der Waals surface area contributed by atoms with Crippen molar-refractivity contribution in [2.24, 2.45) is 0 Å². The van der Waals surface area contributed by atoms with Crippen LogP contribution in [0.2, 0.25) is 0 Å². The fraction of sp³-hybridized carbons (Fsp3) is 0.211. The lowest BCUT2D eigenvalue weighted by Gasteiger charge is -2.07. The molecule has 3 aromatic rings. The molecule has 2 N–H and O–H groups in total. The Morgan fingerprint density at radius 3 is 2.72 bits per heavy atom. The van der Waals surface area contributed by atoms with Crippen molar-refractivity contribution in [2.75, 3.05) is 5.32 Å². The molecule has 0 fully saturated rings. The second-order valence-electron chi connectivity index (χ2n) is 5.88. The van der Waals surface area contributed by atoms with E-state index in [-0.39, 0.29) is 5.91 Å². The molecule has 0 saturated heterocycles. The molecule has 0 aliphatic carbocycles. The highest BCUT2D eigenvalue weighted by atomic mass is 32.1. The highest BCUT2D eigenvalue weighted by molar-refractivity contribution is 7.17. The summed E-state index contributed by atoms with van der Waals surface area (Å²) in [6.07, 6.45) is 1.71. The molecular weight excluding hydrogens is 332 g/mol. The van der Waals surface area contributed by atoms with E-state index in [1.54, 1.807) is 6.20 Å². The molecule has 3 rings (SSSR count). The van der Waals surface area contributed by atoms with Crippen LogP contribution in [0.15, 0.2) is 42.6 Å². The van der Waals surface area contributed by atoms with Gasteiger partial charge in [-0.3, -0.25) is 9.78 Å². The summed E-state index contributed by atoms with van der Waals surface area (Å²) in [6.45, 7) is 6.36. The van der Waals surface area contributed by atoms with Crippen LogP contribution in [-0.4, -0.2) is 15.9 Å². The second-order valence-corrected chi connectivity index (χ2v) is 6.88. The van der Waals surface area contributed by atoms with Gasteiger partial charge in [0.2, 0.25) is 0 Å². The van der Waals surface area contributed by atoms with Gasteiger partial charge in [0.15, 0.2) is 5.13 Å². The highest BCUT2D eigenvalue weighted by Gasteiger charge is 2.15. The fourth-order valence-corrected chi connectivity index (χ4v) is 3.38. The summed E-state index contributed by atoms with van der Waals surface area (Å²) in [4.78, 5) is 21.7. The quantitative estimate of drug-likeness (QED) is 0.724. The number of hydrogen-bond donors (Lipinski definition) is 2. The third-order valence-corrected chi connectivity index (χ3v) is 4.85. The smallest absolute Gasteiger partial charge is 0.263 e. The van der Waals surface area contributed by atoms with Crippen molar-refractivity contribution in [1.29, 1.82) is 0 Å². The van der Waals surface area contributed by atoms with Crippen molar-refractivity contribution in [2.45, 2.75) is 27.3 Å². The van der Waals surface area contributed by atoms with E-state index in [0.717, 1.165) is 22.6 Å². The summed E-state index contributed by atoms with van der Waals surface area (Å²) in [5.74, 6) is -0.130. The Kier molecular flexibility index (Phi) is 5.09. The van der Waals surface area contributed by atoms with Gasteiger partial charge in [-0.2, -0.15) is 0 Å². The van der Waals surface area contributed by atoms with Gasteiger partial charge in [0.25, 0.3) is 5.91 Å². The number of amides is 1. The van der Waals surface area contributed by atoms with Crippen LogP contribution in [0, 0.1) is 20.8 Å². The van der Waals surface area contributed by atoms with E-state index in [9.17, 15) is 4.79 Å². The largest absolute Gasteiger partial charge is 0.346 e. The van der Waals surface area contributed by atoms with Crippen LogP contribution < -0.4 is 10.6 Å². The zero-order chi connectivity index (χ0) is 17.8. The summed E-state index contributed by atoms with van der Waals surface area (Å²) in [5, 5.41) is 6.91. The number of nitrogens with one attached hydrogen (secondary N) is 2. The number of benzene rings is 1. The van der Waals surface area contributed by atoms with Gasteiger partial charge < -0.3 is 10.6 Å². The molecule has 1 amide bonds. The number of carbonyl (C=O) groups is 1. The maximum atomic E-state index is 12.4. The van der Waals surface area contributed by atoms with Crippen molar-refractivity contribution in [3.63, 3.8) is 0 Å². The third kappa shape index (κ3) is 4.22. The Balaban J connectivity index is 1.70. The average Bonchev–Trinajstić information content (AvgIpc) is 2.97. The van der Waals surface area contributed by atoms with Gasteiger partial charge in [0, 0.05) is 11.9 Å². The van der Waals surface area contributed by atoms with E-state index in [4.69, 9.17) is 0 Å².